The first-order valence-corrected chi connectivity index (χ1v) is 9.08. The van der Waals surface area contributed by atoms with Gasteiger partial charge >= 0.3 is 6.18 Å². The van der Waals surface area contributed by atoms with E-state index in [1.165, 1.54) is 25.3 Å². The molecular formula is C19H28F3N3O2. The third-order valence-corrected chi connectivity index (χ3v) is 4.87. The Kier molecular flexibility index (Phi) is 7.77. The highest BCUT2D eigenvalue weighted by Gasteiger charge is 2.36. The maximum absolute atomic E-state index is 12.3. The number of rotatable bonds is 9. The first-order valence-electron chi connectivity index (χ1n) is 9.08. The molecule has 8 heteroatoms. The van der Waals surface area contributed by atoms with Crippen molar-refractivity contribution in [3.05, 3.63) is 29.8 Å². The number of guanidine groups is 1. The minimum atomic E-state index is -4.35. The normalized spacial score (nSPS) is 16.6. The molecule has 5 nitrogen and oxygen atoms in total. The standard InChI is InChI=1S/C19H28F3N3O2/c1-23-17(25-13-18(7-4-8-18)9-10-26-2)24-12-15-5-3-6-16(11-15)27-14-19(20,21)22/h3,5-6,11H,4,7-10,12-14H2,1-2H3,(H2,23,24,25). The summed E-state index contributed by atoms with van der Waals surface area (Å²) in [5, 5.41) is 6.55. The van der Waals surface area contributed by atoms with E-state index in [1.807, 2.05) is 6.07 Å². The average molecular weight is 387 g/mol. The second kappa shape index (κ2) is 9.82. The van der Waals surface area contributed by atoms with Crippen LogP contribution in [0.3, 0.4) is 0 Å². The van der Waals surface area contributed by atoms with Crippen LogP contribution in [0, 0.1) is 5.41 Å². The second-order valence-electron chi connectivity index (χ2n) is 6.93. The summed E-state index contributed by atoms with van der Waals surface area (Å²) in [6, 6.07) is 6.61. The minimum absolute atomic E-state index is 0.197. The summed E-state index contributed by atoms with van der Waals surface area (Å²) in [6.07, 6.45) is 0.270. The van der Waals surface area contributed by atoms with Crippen molar-refractivity contribution in [2.24, 2.45) is 10.4 Å². The van der Waals surface area contributed by atoms with Crippen molar-refractivity contribution in [3.8, 4) is 5.75 Å². The zero-order chi connectivity index (χ0) is 19.8. The summed E-state index contributed by atoms with van der Waals surface area (Å²) in [4.78, 5) is 4.22. The molecule has 0 saturated heterocycles. The van der Waals surface area contributed by atoms with Gasteiger partial charge in [0.15, 0.2) is 12.6 Å². The Morgan fingerprint density at radius 3 is 2.63 bits per heavy atom. The van der Waals surface area contributed by atoms with Crippen LogP contribution in [0.2, 0.25) is 0 Å². The van der Waals surface area contributed by atoms with Crippen LogP contribution < -0.4 is 15.4 Å². The molecular weight excluding hydrogens is 359 g/mol. The van der Waals surface area contributed by atoms with E-state index >= 15 is 0 Å². The molecule has 0 atom stereocenters. The predicted molar refractivity (Wildman–Crippen MR) is 99.0 cm³/mol. The molecule has 1 saturated carbocycles. The van der Waals surface area contributed by atoms with E-state index in [9.17, 15) is 13.2 Å². The van der Waals surface area contributed by atoms with Gasteiger partial charge in [0.2, 0.25) is 0 Å². The van der Waals surface area contributed by atoms with Crippen LogP contribution >= 0.6 is 0 Å². The van der Waals surface area contributed by atoms with Gasteiger partial charge in [-0.3, -0.25) is 4.99 Å². The van der Waals surface area contributed by atoms with Crippen molar-refractivity contribution in [2.45, 2.75) is 38.4 Å². The zero-order valence-electron chi connectivity index (χ0n) is 15.9. The number of ether oxygens (including phenoxy) is 2. The van der Waals surface area contributed by atoms with Crippen LogP contribution in [-0.4, -0.2) is 46.1 Å². The van der Waals surface area contributed by atoms with Crippen molar-refractivity contribution in [1.82, 2.24) is 10.6 Å². The Balaban J connectivity index is 1.81. The molecule has 27 heavy (non-hydrogen) atoms. The van der Waals surface area contributed by atoms with E-state index in [0.29, 0.717) is 12.5 Å². The van der Waals surface area contributed by atoms with Crippen molar-refractivity contribution in [1.29, 1.82) is 0 Å². The molecule has 1 fully saturated rings. The maximum atomic E-state index is 12.3. The van der Waals surface area contributed by atoms with Gasteiger partial charge in [-0.05, 0) is 42.4 Å². The lowest BCUT2D eigenvalue weighted by Gasteiger charge is -2.42. The van der Waals surface area contributed by atoms with E-state index in [-0.39, 0.29) is 11.2 Å². The highest BCUT2D eigenvalue weighted by atomic mass is 19.4. The van der Waals surface area contributed by atoms with Crippen molar-refractivity contribution in [3.63, 3.8) is 0 Å². The molecule has 1 aliphatic carbocycles. The smallest absolute Gasteiger partial charge is 0.422 e. The average Bonchev–Trinajstić information content (AvgIpc) is 2.61. The van der Waals surface area contributed by atoms with Gasteiger partial charge in [-0.25, -0.2) is 0 Å². The van der Waals surface area contributed by atoms with Crippen LogP contribution in [0.4, 0.5) is 13.2 Å². The first-order chi connectivity index (χ1) is 12.9. The van der Waals surface area contributed by atoms with E-state index in [1.54, 1.807) is 26.3 Å². The number of aliphatic imine (C=N–C) groups is 1. The fraction of sp³-hybridized carbons (Fsp3) is 0.632. The highest BCUT2D eigenvalue weighted by molar-refractivity contribution is 5.79. The van der Waals surface area contributed by atoms with Gasteiger partial charge in [-0.1, -0.05) is 18.6 Å². The van der Waals surface area contributed by atoms with Gasteiger partial charge in [0, 0.05) is 33.9 Å². The quantitative estimate of drug-likeness (QED) is 0.503. The van der Waals surface area contributed by atoms with Gasteiger partial charge in [-0.15, -0.1) is 0 Å². The molecule has 1 aromatic carbocycles. The molecule has 0 heterocycles. The number of halogens is 3. The topological polar surface area (TPSA) is 54.9 Å². The zero-order valence-corrected chi connectivity index (χ0v) is 15.9. The number of benzene rings is 1. The first kappa shape index (κ1) is 21.3. The lowest BCUT2D eigenvalue weighted by molar-refractivity contribution is -0.153. The number of nitrogens with one attached hydrogen (secondary N) is 2. The molecule has 0 aliphatic heterocycles. The second-order valence-corrected chi connectivity index (χ2v) is 6.93. The molecule has 1 aliphatic rings. The SMILES string of the molecule is CN=C(NCc1cccc(OCC(F)(F)F)c1)NCC1(CCOC)CCC1. The monoisotopic (exact) mass is 387 g/mol. The van der Waals surface area contributed by atoms with Crippen molar-refractivity contribution < 1.29 is 22.6 Å². The number of methoxy groups -OCH3 is 1. The lowest BCUT2D eigenvalue weighted by Crippen LogP contribution is -2.46. The molecule has 2 N–H and O–H groups in total. The molecule has 0 amide bonds. The number of nitrogens with zero attached hydrogens (tertiary/aromatic N) is 1. The molecule has 2 rings (SSSR count). The van der Waals surface area contributed by atoms with E-state index in [2.05, 4.69) is 15.6 Å². The Bertz CT molecular complexity index is 616. The van der Waals surface area contributed by atoms with Gasteiger partial charge in [0.05, 0.1) is 0 Å². The predicted octanol–water partition coefficient (Wildman–Crippen LogP) is 3.50. The Morgan fingerprint density at radius 2 is 2.04 bits per heavy atom. The van der Waals surface area contributed by atoms with E-state index in [4.69, 9.17) is 9.47 Å². The van der Waals surface area contributed by atoms with Crippen LogP contribution in [0.25, 0.3) is 0 Å². The summed E-state index contributed by atoms with van der Waals surface area (Å²) in [5.41, 5.74) is 1.08. The summed E-state index contributed by atoms with van der Waals surface area (Å²) >= 11 is 0. The molecule has 0 unspecified atom stereocenters. The molecule has 152 valence electrons. The van der Waals surface area contributed by atoms with Crippen LogP contribution in [-0.2, 0) is 11.3 Å². The van der Waals surface area contributed by atoms with E-state index in [0.717, 1.165) is 25.1 Å². The summed E-state index contributed by atoms with van der Waals surface area (Å²) < 4.78 is 46.8. The maximum Gasteiger partial charge on any atom is 0.422 e. The van der Waals surface area contributed by atoms with Crippen LogP contribution in [0.1, 0.15) is 31.2 Å². The van der Waals surface area contributed by atoms with Crippen LogP contribution in [0.15, 0.2) is 29.3 Å². The molecule has 1 aromatic rings. The fourth-order valence-corrected chi connectivity index (χ4v) is 3.10. The Hall–Kier alpha value is -1.96. The largest absolute Gasteiger partial charge is 0.484 e. The molecule has 0 aromatic heterocycles. The lowest BCUT2D eigenvalue weighted by atomic mass is 9.67. The van der Waals surface area contributed by atoms with Gasteiger partial charge in [0.1, 0.15) is 5.75 Å². The summed E-state index contributed by atoms with van der Waals surface area (Å²) in [6.45, 7) is 0.716. The minimum Gasteiger partial charge on any atom is -0.484 e. The number of alkyl halides is 3. The van der Waals surface area contributed by atoms with Gasteiger partial charge in [-0.2, -0.15) is 13.2 Å². The van der Waals surface area contributed by atoms with Crippen molar-refractivity contribution in [2.75, 3.05) is 33.9 Å². The summed E-state index contributed by atoms with van der Waals surface area (Å²) in [7, 11) is 3.41. The van der Waals surface area contributed by atoms with E-state index < -0.39 is 12.8 Å². The number of hydrogen-bond acceptors (Lipinski definition) is 3. The summed E-state index contributed by atoms with van der Waals surface area (Å²) in [5.74, 6) is 0.864. The van der Waals surface area contributed by atoms with Crippen LogP contribution in [0.5, 0.6) is 5.75 Å². The van der Waals surface area contributed by atoms with Crippen molar-refractivity contribution >= 4 is 5.96 Å². The fourth-order valence-electron chi connectivity index (χ4n) is 3.10. The Morgan fingerprint density at radius 1 is 1.26 bits per heavy atom. The highest BCUT2D eigenvalue weighted by Crippen LogP contribution is 2.43. The van der Waals surface area contributed by atoms with Gasteiger partial charge < -0.3 is 20.1 Å². The molecule has 0 radical (unpaired) electrons. The third-order valence-electron chi connectivity index (χ3n) is 4.87. The third kappa shape index (κ3) is 7.28. The van der Waals surface area contributed by atoms with Gasteiger partial charge in [0.25, 0.3) is 0 Å². The molecule has 0 bridgehead atoms. The molecule has 0 spiro atoms. The Labute approximate surface area is 158 Å². The number of hydrogen-bond donors (Lipinski definition) is 2.